The van der Waals surface area contributed by atoms with Crippen molar-refractivity contribution in [3.8, 4) is 5.75 Å². The fourth-order valence-corrected chi connectivity index (χ4v) is 1.56. The second kappa shape index (κ2) is 6.17. The predicted octanol–water partition coefficient (Wildman–Crippen LogP) is 2.72. The number of hydrogen-bond acceptors (Lipinski definition) is 4. The summed E-state index contributed by atoms with van der Waals surface area (Å²) in [6, 6.07) is 6.29. The van der Waals surface area contributed by atoms with Crippen LogP contribution in [0.25, 0.3) is 0 Å². The standard InChI is InChI=1S/C13H19N3O3/c1-13(2,12(14)15)8-5-9-19-11-7-4-3-6-10(11)16(17)18/h3-4,6-7H,5,8-9H2,1-2H3,(H3,14,15). The van der Waals surface area contributed by atoms with E-state index in [4.69, 9.17) is 15.9 Å². The minimum Gasteiger partial charge on any atom is -0.487 e. The Labute approximate surface area is 112 Å². The van der Waals surface area contributed by atoms with Crippen LogP contribution in [0.1, 0.15) is 26.7 Å². The summed E-state index contributed by atoms with van der Waals surface area (Å²) in [7, 11) is 0. The van der Waals surface area contributed by atoms with Gasteiger partial charge in [0, 0.05) is 11.5 Å². The molecule has 1 aromatic carbocycles. The fraction of sp³-hybridized carbons (Fsp3) is 0.462. The number of ether oxygens (including phenoxy) is 1. The highest BCUT2D eigenvalue weighted by atomic mass is 16.6. The maximum atomic E-state index is 10.8. The lowest BCUT2D eigenvalue weighted by Gasteiger charge is -2.22. The zero-order chi connectivity index (χ0) is 14.5. The monoisotopic (exact) mass is 265 g/mol. The molecule has 0 aliphatic rings. The molecule has 0 saturated heterocycles. The molecule has 0 heterocycles. The lowest BCUT2D eigenvalue weighted by Crippen LogP contribution is -2.31. The second-order valence-corrected chi connectivity index (χ2v) is 4.97. The Morgan fingerprint density at radius 1 is 1.47 bits per heavy atom. The molecular weight excluding hydrogens is 246 g/mol. The molecule has 3 N–H and O–H groups in total. The van der Waals surface area contributed by atoms with Crippen LogP contribution in [-0.4, -0.2) is 17.4 Å². The molecule has 19 heavy (non-hydrogen) atoms. The van der Waals surface area contributed by atoms with Crippen LogP contribution in [0.2, 0.25) is 0 Å². The largest absolute Gasteiger partial charge is 0.487 e. The molecule has 6 nitrogen and oxygen atoms in total. The van der Waals surface area contributed by atoms with Crippen molar-refractivity contribution >= 4 is 11.5 Å². The zero-order valence-corrected chi connectivity index (χ0v) is 11.2. The van der Waals surface area contributed by atoms with Gasteiger partial charge in [0.2, 0.25) is 0 Å². The third kappa shape index (κ3) is 4.24. The highest BCUT2D eigenvalue weighted by Gasteiger charge is 2.21. The number of nitrogens with zero attached hydrogens (tertiary/aromatic N) is 1. The second-order valence-electron chi connectivity index (χ2n) is 4.97. The molecule has 0 unspecified atom stereocenters. The van der Waals surface area contributed by atoms with Crippen molar-refractivity contribution in [2.24, 2.45) is 11.1 Å². The topological polar surface area (TPSA) is 102 Å². The van der Waals surface area contributed by atoms with Gasteiger partial charge in [-0.3, -0.25) is 15.5 Å². The molecule has 0 amide bonds. The first kappa shape index (κ1) is 14.9. The van der Waals surface area contributed by atoms with Crippen LogP contribution in [0.3, 0.4) is 0 Å². The van der Waals surface area contributed by atoms with Crippen molar-refractivity contribution in [1.29, 1.82) is 5.41 Å². The van der Waals surface area contributed by atoms with E-state index >= 15 is 0 Å². The third-order valence-corrected chi connectivity index (χ3v) is 2.99. The van der Waals surface area contributed by atoms with Gasteiger partial charge >= 0.3 is 5.69 Å². The van der Waals surface area contributed by atoms with E-state index in [1.165, 1.54) is 6.07 Å². The summed E-state index contributed by atoms with van der Waals surface area (Å²) >= 11 is 0. The van der Waals surface area contributed by atoms with Gasteiger partial charge in [0.15, 0.2) is 5.75 Å². The molecule has 1 aromatic rings. The van der Waals surface area contributed by atoms with Gasteiger partial charge in [-0.25, -0.2) is 0 Å². The molecular formula is C13H19N3O3. The number of nitrogens with one attached hydrogen (secondary N) is 1. The molecule has 0 aromatic heterocycles. The molecule has 0 aliphatic carbocycles. The molecule has 0 bridgehead atoms. The first-order valence-electron chi connectivity index (χ1n) is 6.05. The number of rotatable bonds is 7. The van der Waals surface area contributed by atoms with Gasteiger partial charge in [0.05, 0.1) is 17.4 Å². The van der Waals surface area contributed by atoms with Gasteiger partial charge in [0.25, 0.3) is 0 Å². The highest BCUT2D eigenvalue weighted by molar-refractivity contribution is 5.82. The molecule has 0 saturated carbocycles. The first-order chi connectivity index (χ1) is 8.84. The smallest absolute Gasteiger partial charge is 0.310 e. The van der Waals surface area contributed by atoms with Gasteiger partial charge in [-0.15, -0.1) is 0 Å². The molecule has 0 aliphatic heterocycles. The Morgan fingerprint density at radius 3 is 2.68 bits per heavy atom. The van der Waals surface area contributed by atoms with E-state index in [1.807, 2.05) is 13.8 Å². The van der Waals surface area contributed by atoms with Gasteiger partial charge in [0.1, 0.15) is 0 Å². The van der Waals surface area contributed by atoms with E-state index < -0.39 is 4.92 Å². The van der Waals surface area contributed by atoms with Crippen molar-refractivity contribution in [3.63, 3.8) is 0 Å². The molecule has 0 atom stereocenters. The minimum absolute atomic E-state index is 0.0340. The zero-order valence-electron chi connectivity index (χ0n) is 11.2. The van der Waals surface area contributed by atoms with E-state index in [2.05, 4.69) is 0 Å². The summed E-state index contributed by atoms with van der Waals surface area (Å²) in [6.45, 7) is 4.14. The summed E-state index contributed by atoms with van der Waals surface area (Å²) in [4.78, 5) is 10.3. The summed E-state index contributed by atoms with van der Waals surface area (Å²) in [5.74, 6) is 0.409. The minimum atomic E-state index is -0.463. The number of hydrogen-bond donors (Lipinski definition) is 2. The molecule has 104 valence electrons. The van der Waals surface area contributed by atoms with E-state index in [9.17, 15) is 10.1 Å². The van der Waals surface area contributed by atoms with Crippen molar-refractivity contribution in [2.45, 2.75) is 26.7 Å². The Morgan fingerprint density at radius 2 is 2.11 bits per heavy atom. The highest BCUT2D eigenvalue weighted by Crippen LogP contribution is 2.27. The Bertz CT molecular complexity index is 472. The summed E-state index contributed by atoms with van der Waals surface area (Å²) in [5.41, 5.74) is 5.08. The molecule has 0 fully saturated rings. The Hall–Kier alpha value is -2.11. The molecule has 0 radical (unpaired) electrons. The Kier molecular flexibility index (Phi) is 4.86. The number of para-hydroxylation sites is 2. The molecule has 1 rings (SSSR count). The third-order valence-electron chi connectivity index (χ3n) is 2.99. The quantitative estimate of drug-likeness (QED) is 0.260. The fourth-order valence-electron chi connectivity index (χ4n) is 1.56. The predicted molar refractivity (Wildman–Crippen MR) is 73.5 cm³/mol. The first-order valence-corrected chi connectivity index (χ1v) is 6.05. The molecule has 6 heteroatoms. The van der Waals surface area contributed by atoms with Crippen LogP contribution in [0.15, 0.2) is 24.3 Å². The van der Waals surface area contributed by atoms with E-state index in [-0.39, 0.29) is 22.7 Å². The normalized spacial score (nSPS) is 11.1. The van der Waals surface area contributed by atoms with Gasteiger partial charge in [-0.05, 0) is 18.9 Å². The lowest BCUT2D eigenvalue weighted by molar-refractivity contribution is -0.385. The van der Waals surface area contributed by atoms with Crippen molar-refractivity contribution in [3.05, 3.63) is 34.4 Å². The van der Waals surface area contributed by atoms with Gasteiger partial charge < -0.3 is 10.5 Å². The van der Waals surface area contributed by atoms with E-state index in [0.717, 1.165) is 0 Å². The summed E-state index contributed by atoms with van der Waals surface area (Å²) in [6.07, 6.45) is 1.38. The van der Waals surface area contributed by atoms with Gasteiger partial charge in [-0.1, -0.05) is 26.0 Å². The number of nitro benzene ring substituents is 1. The summed E-state index contributed by atoms with van der Waals surface area (Å²) in [5, 5.41) is 18.2. The SMILES string of the molecule is CC(C)(CCCOc1ccccc1[N+](=O)[O-])C(=N)N. The van der Waals surface area contributed by atoms with Crippen molar-refractivity contribution in [2.75, 3.05) is 6.61 Å². The average molecular weight is 265 g/mol. The lowest BCUT2D eigenvalue weighted by atomic mass is 9.87. The van der Waals surface area contributed by atoms with Crippen molar-refractivity contribution < 1.29 is 9.66 Å². The van der Waals surface area contributed by atoms with E-state index in [1.54, 1.807) is 18.2 Å². The number of nitro groups is 1. The Balaban J connectivity index is 2.51. The van der Waals surface area contributed by atoms with Crippen molar-refractivity contribution in [1.82, 2.24) is 0 Å². The van der Waals surface area contributed by atoms with Crippen LogP contribution in [0.4, 0.5) is 5.69 Å². The van der Waals surface area contributed by atoms with Gasteiger partial charge in [-0.2, -0.15) is 0 Å². The number of benzene rings is 1. The maximum Gasteiger partial charge on any atom is 0.310 e. The average Bonchev–Trinajstić information content (AvgIpc) is 2.34. The van der Waals surface area contributed by atoms with Crippen LogP contribution in [-0.2, 0) is 0 Å². The van der Waals surface area contributed by atoms with E-state index in [0.29, 0.717) is 19.4 Å². The van der Waals surface area contributed by atoms with Crippen LogP contribution < -0.4 is 10.5 Å². The maximum absolute atomic E-state index is 10.8. The van der Waals surface area contributed by atoms with Crippen LogP contribution >= 0.6 is 0 Å². The number of nitrogens with two attached hydrogens (primary N) is 1. The number of amidine groups is 1. The summed E-state index contributed by atoms with van der Waals surface area (Å²) < 4.78 is 5.42. The van der Waals surface area contributed by atoms with Crippen LogP contribution in [0, 0.1) is 20.9 Å². The van der Waals surface area contributed by atoms with Crippen LogP contribution in [0.5, 0.6) is 5.75 Å². The molecule has 0 spiro atoms.